The predicted octanol–water partition coefficient (Wildman–Crippen LogP) is 3.94. The van der Waals surface area contributed by atoms with Crippen LogP contribution in [-0.2, 0) is 40.0 Å². The Morgan fingerprint density at radius 1 is 0.889 bits per heavy atom. The number of hydrogen-bond donors (Lipinski definition) is 1. The quantitative estimate of drug-likeness (QED) is 0.608. The predicted molar refractivity (Wildman–Crippen MR) is 107 cm³/mol. The van der Waals surface area contributed by atoms with Gasteiger partial charge in [0.15, 0.2) is 6.61 Å². The van der Waals surface area contributed by atoms with E-state index in [9.17, 15) is 9.59 Å². The summed E-state index contributed by atoms with van der Waals surface area (Å²) in [5, 5.41) is 2.81. The molecule has 140 valence electrons. The first-order valence-electron chi connectivity index (χ1n) is 9.49. The van der Waals surface area contributed by atoms with E-state index in [4.69, 9.17) is 4.74 Å². The molecule has 0 spiro atoms. The van der Waals surface area contributed by atoms with Gasteiger partial charge in [0.2, 0.25) is 0 Å². The van der Waals surface area contributed by atoms with Gasteiger partial charge < -0.3 is 10.1 Å². The second-order valence-corrected chi connectivity index (χ2v) is 8.17. The lowest BCUT2D eigenvalue weighted by molar-refractivity contribution is -0.144. The highest BCUT2D eigenvalue weighted by atomic mass is 32.2. The van der Waals surface area contributed by atoms with Crippen molar-refractivity contribution < 1.29 is 14.3 Å². The van der Waals surface area contributed by atoms with Crippen molar-refractivity contribution in [2.75, 3.05) is 17.7 Å². The van der Waals surface area contributed by atoms with E-state index in [1.165, 1.54) is 46.9 Å². The van der Waals surface area contributed by atoms with Crippen molar-refractivity contribution in [2.24, 2.45) is 0 Å². The van der Waals surface area contributed by atoms with Crippen molar-refractivity contribution in [1.29, 1.82) is 0 Å². The Labute approximate surface area is 163 Å². The number of hydrogen-bond acceptors (Lipinski definition) is 4. The third-order valence-electron chi connectivity index (χ3n) is 5.17. The Morgan fingerprint density at radius 3 is 2.33 bits per heavy atom. The van der Waals surface area contributed by atoms with Gasteiger partial charge in [0.25, 0.3) is 5.91 Å². The number of rotatable bonds is 6. The molecule has 2 aromatic carbocycles. The minimum atomic E-state index is -0.371. The molecule has 4 rings (SSSR count). The maximum absolute atomic E-state index is 12.0. The Kier molecular flexibility index (Phi) is 5.48. The number of anilines is 1. The van der Waals surface area contributed by atoms with E-state index in [2.05, 4.69) is 29.6 Å². The summed E-state index contributed by atoms with van der Waals surface area (Å²) in [5.41, 5.74) is 6.25. The Morgan fingerprint density at radius 2 is 1.56 bits per heavy atom. The first-order chi connectivity index (χ1) is 13.2. The molecule has 0 radical (unpaired) electrons. The number of esters is 1. The van der Waals surface area contributed by atoms with Crippen LogP contribution in [0.3, 0.4) is 0 Å². The zero-order chi connectivity index (χ0) is 18.6. The molecule has 0 atom stereocenters. The molecule has 0 bridgehead atoms. The molecule has 0 saturated carbocycles. The lowest BCUT2D eigenvalue weighted by Crippen LogP contribution is -2.21. The minimum absolute atomic E-state index is 0.213. The smallest absolute Gasteiger partial charge is 0.316 e. The normalized spacial score (nSPS) is 14.5. The van der Waals surface area contributed by atoms with E-state index in [-0.39, 0.29) is 24.2 Å². The molecule has 2 aliphatic rings. The fraction of sp³-hybridized carbons (Fsp3) is 0.364. The fourth-order valence-electron chi connectivity index (χ4n) is 3.81. The molecular formula is C22H23NO3S. The van der Waals surface area contributed by atoms with Crippen molar-refractivity contribution in [3.63, 3.8) is 0 Å². The number of aryl methyl sites for hydroxylation is 4. The minimum Gasteiger partial charge on any atom is -0.455 e. The van der Waals surface area contributed by atoms with E-state index in [1.54, 1.807) is 0 Å². The Hall–Kier alpha value is -2.27. The Balaban J connectivity index is 1.21. The Bertz CT molecular complexity index is 878. The summed E-state index contributed by atoms with van der Waals surface area (Å²) < 4.78 is 5.11. The topological polar surface area (TPSA) is 55.4 Å². The van der Waals surface area contributed by atoms with Crippen molar-refractivity contribution in [2.45, 2.75) is 43.4 Å². The van der Waals surface area contributed by atoms with Crippen LogP contribution in [0, 0.1) is 0 Å². The van der Waals surface area contributed by atoms with Crippen molar-refractivity contribution in [1.82, 2.24) is 0 Å². The second-order valence-electron chi connectivity index (χ2n) is 7.12. The number of amides is 1. The second kappa shape index (κ2) is 8.17. The van der Waals surface area contributed by atoms with Gasteiger partial charge in [0, 0.05) is 10.6 Å². The molecule has 1 amide bonds. The van der Waals surface area contributed by atoms with E-state index in [0.29, 0.717) is 0 Å². The SMILES string of the molecule is O=C(COC(=O)CSc1ccc2c(c1)CCC2)Nc1ccc2c(c1)CCC2. The van der Waals surface area contributed by atoms with Gasteiger partial charge in [0.05, 0.1) is 5.75 Å². The summed E-state index contributed by atoms with van der Waals surface area (Å²) in [7, 11) is 0. The van der Waals surface area contributed by atoms with Crippen molar-refractivity contribution >= 4 is 29.3 Å². The molecular weight excluding hydrogens is 358 g/mol. The van der Waals surface area contributed by atoms with Gasteiger partial charge in [-0.2, -0.15) is 0 Å². The van der Waals surface area contributed by atoms with Crippen molar-refractivity contribution in [3.8, 4) is 0 Å². The molecule has 0 aliphatic heterocycles. The molecule has 27 heavy (non-hydrogen) atoms. The lowest BCUT2D eigenvalue weighted by atomic mass is 10.1. The van der Waals surface area contributed by atoms with Gasteiger partial charge in [-0.3, -0.25) is 9.59 Å². The molecule has 0 heterocycles. The highest BCUT2D eigenvalue weighted by molar-refractivity contribution is 8.00. The van der Waals surface area contributed by atoms with E-state index in [0.717, 1.165) is 36.3 Å². The van der Waals surface area contributed by atoms with E-state index < -0.39 is 0 Å². The third kappa shape index (κ3) is 4.53. The van der Waals surface area contributed by atoms with Crippen LogP contribution in [0.1, 0.15) is 35.1 Å². The largest absolute Gasteiger partial charge is 0.455 e. The van der Waals surface area contributed by atoms with Crippen LogP contribution in [0.5, 0.6) is 0 Å². The summed E-state index contributed by atoms with van der Waals surface area (Å²) in [4.78, 5) is 25.0. The molecule has 0 aromatic heterocycles. The van der Waals surface area contributed by atoms with Gasteiger partial charge in [-0.1, -0.05) is 12.1 Å². The monoisotopic (exact) mass is 381 g/mol. The summed E-state index contributed by atoms with van der Waals surface area (Å²) in [6, 6.07) is 12.4. The zero-order valence-corrected chi connectivity index (χ0v) is 16.1. The molecule has 1 N–H and O–H groups in total. The standard InChI is InChI=1S/C22H23NO3S/c24-21(23-19-9-7-15-3-1-5-17(15)11-19)13-26-22(25)14-27-20-10-8-16-4-2-6-18(16)12-20/h7-12H,1-6,13-14H2,(H,23,24). The molecule has 2 aromatic rings. The first kappa shape index (κ1) is 18.1. The van der Waals surface area contributed by atoms with Crippen molar-refractivity contribution in [3.05, 3.63) is 58.7 Å². The molecule has 2 aliphatic carbocycles. The molecule has 0 fully saturated rings. The number of ether oxygens (including phenoxy) is 1. The summed E-state index contributed by atoms with van der Waals surface area (Å²) in [6.07, 6.45) is 6.84. The van der Waals surface area contributed by atoms with Gasteiger partial charge in [-0.15, -0.1) is 11.8 Å². The summed E-state index contributed by atoms with van der Waals surface area (Å²) in [6.45, 7) is -0.249. The fourth-order valence-corrected chi connectivity index (χ4v) is 4.57. The van der Waals surface area contributed by atoms with E-state index >= 15 is 0 Å². The lowest BCUT2D eigenvalue weighted by Gasteiger charge is -2.08. The summed E-state index contributed by atoms with van der Waals surface area (Å²) in [5.74, 6) is -0.460. The zero-order valence-electron chi connectivity index (χ0n) is 15.3. The number of fused-ring (bicyclic) bond motifs is 2. The maximum Gasteiger partial charge on any atom is 0.316 e. The number of benzene rings is 2. The third-order valence-corrected chi connectivity index (χ3v) is 6.14. The number of carbonyl (C=O) groups is 2. The van der Waals surface area contributed by atoms with Gasteiger partial charge in [0.1, 0.15) is 0 Å². The molecule has 0 saturated heterocycles. The number of carbonyl (C=O) groups excluding carboxylic acids is 2. The first-order valence-corrected chi connectivity index (χ1v) is 10.5. The summed E-state index contributed by atoms with van der Waals surface area (Å²) >= 11 is 1.46. The van der Waals surface area contributed by atoms with E-state index in [1.807, 2.05) is 12.1 Å². The van der Waals surface area contributed by atoms with Crippen LogP contribution >= 0.6 is 11.8 Å². The molecule has 0 unspecified atom stereocenters. The van der Waals surface area contributed by atoms with Crippen LogP contribution in [0.25, 0.3) is 0 Å². The van der Waals surface area contributed by atoms with Crippen LogP contribution < -0.4 is 5.32 Å². The maximum atomic E-state index is 12.0. The highest BCUT2D eigenvalue weighted by Crippen LogP contribution is 2.27. The average molecular weight is 381 g/mol. The van der Waals surface area contributed by atoms with Gasteiger partial charge >= 0.3 is 5.97 Å². The number of thioether (sulfide) groups is 1. The van der Waals surface area contributed by atoms with Gasteiger partial charge in [-0.25, -0.2) is 0 Å². The molecule has 4 nitrogen and oxygen atoms in total. The van der Waals surface area contributed by atoms with Crippen LogP contribution in [0.4, 0.5) is 5.69 Å². The number of nitrogens with one attached hydrogen (secondary N) is 1. The van der Waals surface area contributed by atoms with Crippen LogP contribution in [0.15, 0.2) is 41.3 Å². The van der Waals surface area contributed by atoms with Gasteiger partial charge in [-0.05, 0) is 85.0 Å². The van der Waals surface area contributed by atoms with Crippen LogP contribution in [0.2, 0.25) is 0 Å². The average Bonchev–Trinajstić information content (AvgIpc) is 3.32. The molecule has 5 heteroatoms. The highest BCUT2D eigenvalue weighted by Gasteiger charge is 2.14. The van der Waals surface area contributed by atoms with Crippen LogP contribution in [-0.4, -0.2) is 24.2 Å².